The number of amides is 1. The molecule has 0 spiro atoms. The van der Waals surface area contributed by atoms with E-state index in [4.69, 9.17) is 5.11 Å². The van der Waals surface area contributed by atoms with Crippen LogP contribution in [-0.4, -0.2) is 35.6 Å². The maximum Gasteiger partial charge on any atom is 0.263 e. The van der Waals surface area contributed by atoms with Gasteiger partial charge in [-0.3, -0.25) is 4.79 Å². The van der Waals surface area contributed by atoms with Crippen LogP contribution in [0.2, 0.25) is 0 Å². The average molecular weight is 283 g/mol. The summed E-state index contributed by atoms with van der Waals surface area (Å²) in [5, 5.41) is 10.9. The van der Waals surface area contributed by atoms with Crippen molar-refractivity contribution in [1.82, 2.24) is 4.90 Å². The van der Waals surface area contributed by atoms with E-state index in [1.165, 1.54) is 37.0 Å². The van der Waals surface area contributed by atoms with Crippen molar-refractivity contribution in [1.29, 1.82) is 0 Å². The zero-order valence-corrected chi connectivity index (χ0v) is 12.6. The number of carbonyl (C=O) groups is 1. The summed E-state index contributed by atoms with van der Waals surface area (Å²) < 4.78 is 0. The first-order chi connectivity index (χ1) is 9.29. The maximum atomic E-state index is 12.3. The molecule has 0 unspecified atom stereocenters. The van der Waals surface area contributed by atoms with Crippen molar-refractivity contribution in [3.8, 4) is 0 Å². The van der Waals surface area contributed by atoms with Crippen LogP contribution >= 0.6 is 11.3 Å². The summed E-state index contributed by atoms with van der Waals surface area (Å²) in [4.78, 5) is 15.0. The quantitative estimate of drug-likeness (QED) is 0.667. The molecule has 1 heterocycles. The van der Waals surface area contributed by atoms with Crippen LogP contribution in [0.5, 0.6) is 0 Å². The van der Waals surface area contributed by atoms with Crippen LogP contribution in [0.25, 0.3) is 0 Å². The monoisotopic (exact) mass is 283 g/mol. The van der Waals surface area contributed by atoms with Crippen LogP contribution in [0.3, 0.4) is 0 Å². The maximum absolute atomic E-state index is 12.3. The van der Waals surface area contributed by atoms with Crippen molar-refractivity contribution in [3.05, 3.63) is 22.4 Å². The van der Waals surface area contributed by atoms with Crippen molar-refractivity contribution in [2.45, 2.75) is 45.4 Å². The lowest BCUT2D eigenvalue weighted by Crippen LogP contribution is -2.32. The Morgan fingerprint density at radius 1 is 1.21 bits per heavy atom. The van der Waals surface area contributed by atoms with Crippen molar-refractivity contribution in [3.63, 3.8) is 0 Å². The molecule has 3 nitrogen and oxygen atoms in total. The van der Waals surface area contributed by atoms with Gasteiger partial charge in [-0.2, -0.15) is 0 Å². The van der Waals surface area contributed by atoms with Crippen LogP contribution in [0.15, 0.2) is 17.5 Å². The van der Waals surface area contributed by atoms with Crippen molar-refractivity contribution >= 4 is 17.2 Å². The number of aliphatic hydroxyl groups is 1. The molecule has 1 amide bonds. The summed E-state index contributed by atoms with van der Waals surface area (Å²) in [6, 6.07) is 3.78. The molecule has 0 aromatic carbocycles. The SMILES string of the molecule is CCCCCCCN(CCCO)C(=O)c1cccs1. The highest BCUT2D eigenvalue weighted by molar-refractivity contribution is 7.12. The Hall–Kier alpha value is -0.870. The predicted octanol–water partition coefficient (Wildman–Crippen LogP) is 3.54. The molecule has 1 N–H and O–H groups in total. The van der Waals surface area contributed by atoms with Gasteiger partial charge in [0.15, 0.2) is 0 Å². The molecule has 0 bridgehead atoms. The molecule has 0 saturated carbocycles. The van der Waals surface area contributed by atoms with E-state index in [1.54, 1.807) is 0 Å². The second kappa shape index (κ2) is 9.98. The van der Waals surface area contributed by atoms with Gasteiger partial charge in [0.25, 0.3) is 5.91 Å². The number of thiophene rings is 1. The lowest BCUT2D eigenvalue weighted by atomic mass is 10.1. The molecule has 1 rings (SSSR count). The fourth-order valence-corrected chi connectivity index (χ4v) is 2.73. The summed E-state index contributed by atoms with van der Waals surface area (Å²) in [5.74, 6) is 0.110. The summed E-state index contributed by atoms with van der Waals surface area (Å²) in [6.07, 6.45) is 6.66. The van der Waals surface area contributed by atoms with Crippen molar-refractivity contribution in [2.24, 2.45) is 0 Å². The number of aliphatic hydroxyl groups excluding tert-OH is 1. The molecule has 108 valence electrons. The number of hydrogen-bond donors (Lipinski definition) is 1. The van der Waals surface area contributed by atoms with Crippen molar-refractivity contribution in [2.75, 3.05) is 19.7 Å². The predicted molar refractivity (Wildman–Crippen MR) is 80.7 cm³/mol. The topological polar surface area (TPSA) is 40.5 Å². The Morgan fingerprint density at radius 3 is 2.58 bits per heavy atom. The normalized spacial score (nSPS) is 10.6. The first kappa shape index (κ1) is 16.2. The van der Waals surface area contributed by atoms with Gasteiger partial charge in [0.1, 0.15) is 0 Å². The highest BCUT2D eigenvalue weighted by Gasteiger charge is 2.15. The van der Waals surface area contributed by atoms with E-state index in [1.807, 2.05) is 22.4 Å². The zero-order valence-electron chi connectivity index (χ0n) is 11.8. The second-order valence-corrected chi connectivity index (χ2v) is 5.71. The number of rotatable bonds is 10. The number of hydrogen-bond acceptors (Lipinski definition) is 3. The third-order valence-corrected chi connectivity index (χ3v) is 3.99. The minimum absolute atomic E-state index is 0.110. The number of carbonyl (C=O) groups excluding carboxylic acids is 1. The van der Waals surface area contributed by atoms with Crippen LogP contribution in [0.1, 0.15) is 55.1 Å². The minimum atomic E-state index is 0.110. The largest absolute Gasteiger partial charge is 0.396 e. The van der Waals surface area contributed by atoms with E-state index in [-0.39, 0.29) is 12.5 Å². The lowest BCUT2D eigenvalue weighted by Gasteiger charge is -2.21. The fourth-order valence-electron chi connectivity index (χ4n) is 2.04. The van der Waals surface area contributed by atoms with Gasteiger partial charge >= 0.3 is 0 Å². The van der Waals surface area contributed by atoms with Gasteiger partial charge in [0.05, 0.1) is 4.88 Å². The Labute approximate surface area is 120 Å². The molecular weight excluding hydrogens is 258 g/mol. The molecule has 0 aliphatic heterocycles. The van der Waals surface area contributed by atoms with E-state index < -0.39 is 0 Å². The second-order valence-electron chi connectivity index (χ2n) is 4.76. The minimum Gasteiger partial charge on any atom is -0.396 e. The van der Waals surface area contributed by atoms with E-state index in [0.717, 1.165) is 17.8 Å². The molecule has 19 heavy (non-hydrogen) atoms. The van der Waals surface area contributed by atoms with Crippen molar-refractivity contribution < 1.29 is 9.90 Å². The molecule has 0 saturated heterocycles. The van der Waals surface area contributed by atoms with E-state index in [0.29, 0.717) is 13.0 Å². The third-order valence-electron chi connectivity index (χ3n) is 3.14. The molecule has 1 aromatic heterocycles. The Bertz CT molecular complexity index is 338. The first-order valence-electron chi connectivity index (χ1n) is 7.23. The first-order valence-corrected chi connectivity index (χ1v) is 8.11. The fraction of sp³-hybridized carbons (Fsp3) is 0.667. The van der Waals surface area contributed by atoms with Crippen LogP contribution in [-0.2, 0) is 0 Å². The standard InChI is InChI=1S/C15H25NO2S/c1-2-3-4-5-6-10-16(11-8-12-17)15(18)14-9-7-13-19-14/h7,9,13,17H,2-6,8,10-12H2,1H3. The molecule has 0 radical (unpaired) electrons. The highest BCUT2D eigenvalue weighted by atomic mass is 32.1. The van der Waals surface area contributed by atoms with Gasteiger partial charge in [-0.05, 0) is 24.3 Å². The summed E-state index contributed by atoms with van der Waals surface area (Å²) in [5.41, 5.74) is 0. The van der Waals surface area contributed by atoms with Crippen LogP contribution in [0.4, 0.5) is 0 Å². The van der Waals surface area contributed by atoms with Crippen LogP contribution in [0, 0.1) is 0 Å². The van der Waals surface area contributed by atoms with Gasteiger partial charge in [0, 0.05) is 19.7 Å². The summed E-state index contributed by atoms with van der Waals surface area (Å²) in [6.45, 7) is 3.80. The highest BCUT2D eigenvalue weighted by Crippen LogP contribution is 2.13. The molecule has 0 aliphatic rings. The van der Waals surface area contributed by atoms with Gasteiger partial charge in [-0.15, -0.1) is 11.3 Å². The summed E-state index contributed by atoms with van der Waals surface area (Å²) in [7, 11) is 0. The van der Waals surface area contributed by atoms with Gasteiger partial charge in [-0.1, -0.05) is 38.7 Å². The Balaban J connectivity index is 2.40. The zero-order chi connectivity index (χ0) is 13.9. The molecular formula is C15H25NO2S. The molecule has 4 heteroatoms. The lowest BCUT2D eigenvalue weighted by molar-refractivity contribution is 0.0746. The Kier molecular flexibility index (Phi) is 8.50. The van der Waals surface area contributed by atoms with Crippen LogP contribution < -0.4 is 0 Å². The van der Waals surface area contributed by atoms with Gasteiger partial charge < -0.3 is 10.0 Å². The Morgan fingerprint density at radius 2 is 1.95 bits per heavy atom. The molecule has 1 aromatic rings. The van der Waals surface area contributed by atoms with Gasteiger partial charge in [0.2, 0.25) is 0 Å². The van der Waals surface area contributed by atoms with E-state index in [9.17, 15) is 4.79 Å². The smallest absolute Gasteiger partial charge is 0.263 e. The van der Waals surface area contributed by atoms with E-state index >= 15 is 0 Å². The van der Waals surface area contributed by atoms with E-state index in [2.05, 4.69) is 6.92 Å². The van der Waals surface area contributed by atoms with Gasteiger partial charge in [-0.25, -0.2) is 0 Å². The third kappa shape index (κ3) is 6.21. The molecule has 0 atom stereocenters. The summed E-state index contributed by atoms with van der Waals surface area (Å²) >= 11 is 1.49. The molecule has 0 aliphatic carbocycles. The molecule has 0 fully saturated rings. The number of unbranched alkanes of at least 4 members (excludes halogenated alkanes) is 4. The average Bonchev–Trinajstić information content (AvgIpc) is 2.95. The number of nitrogens with zero attached hydrogens (tertiary/aromatic N) is 1.